The molecule has 2 N–H and O–H groups in total. The lowest BCUT2D eigenvalue weighted by Crippen LogP contribution is -2.28. The average Bonchev–Trinajstić information content (AvgIpc) is 2.74. The maximum atomic E-state index is 12.3. The van der Waals surface area contributed by atoms with Gasteiger partial charge in [-0.1, -0.05) is 13.8 Å². The first-order chi connectivity index (χ1) is 9.72. The maximum absolute atomic E-state index is 12.3. The highest BCUT2D eigenvalue weighted by atomic mass is 32.2. The minimum atomic E-state index is -3.45. The number of thiophene rings is 1. The van der Waals surface area contributed by atoms with E-state index in [1.807, 2.05) is 20.8 Å². The average molecular weight is 335 g/mol. The van der Waals surface area contributed by atoms with E-state index in [0.717, 1.165) is 9.75 Å². The number of hydrogen-bond acceptors (Lipinski definition) is 5. The van der Waals surface area contributed by atoms with Crippen LogP contribution >= 0.6 is 11.3 Å². The Morgan fingerprint density at radius 2 is 1.95 bits per heavy atom. The molecule has 0 aliphatic rings. The largest absolute Gasteiger partial charge is 0.377 e. The third kappa shape index (κ3) is 6.44. The molecule has 5 nitrogen and oxygen atoms in total. The summed E-state index contributed by atoms with van der Waals surface area (Å²) in [6.07, 6.45) is 0.103. The minimum Gasteiger partial charge on any atom is -0.377 e. The highest BCUT2D eigenvalue weighted by Gasteiger charge is 2.19. The van der Waals surface area contributed by atoms with Gasteiger partial charge in [-0.15, -0.1) is 11.3 Å². The predicted octanol–water partition coefficient (Wildman–Crippen LogP) is 2.26. The van der Waals surface area contributed by atoms with Gasteiger partial charge in [0.25, 0.3) is 0 Å². The third-order valence-corrected chi connectivity index (χ3v) is 5.51. The second-order valence-corrected chi connectivity index (χ2v) is 8.56. The molecule has 1 heterocycles. The minimum absolute atomic E-state index is 0.103. The van der Waals surface area contributed by atoms with Crippen molar-refractivity contribution in [1.29, 1.82) is 0 Å². The van der Waals surface area contributed by atoms with Crippen molar-refractivity contribution in [2.75, 3.05) is 13.2 Å². The Kier molecular flexibility index (Phi) is 7.29. The highest BCUT2D eigenvalue weighted by molar-refractivity contribution is 7.89. The lowest BCUT2D eigenvalue weighted by atomic mass is 10.3. The molecule has 1 aromatic rings. The Balaban J connectivity index is 2.65. The van der Waals surface area contributed by atoms with E-state index >= 15 is 0 Å². The molecule has 0 amide bonds. The molecule has 0 spiro atoms. The smallest absolute Gasteiger partial charge is 0.241 e. The molecular formula is C14H26N2O3S2. The molecule has 0 aromatic carbocycles. The van der Waals surface area contributed by atoms with Gasteiger partial charge in [0.15, 0.2) is 0 Å². The van der Waals surface area contributed by atoms with Crippen LogP contribution in [0.2, 0.25) is 0 Å². The quantitative estimate of drug-likeness (QED) is 0.680. The molecule has 0 saturated carbocycles. The van der Waals surface area contributed by atoms with Crippen molar-refractivity contribution in [3.05, 3.63) is 15.8 Å². The van der Waals surface area contributed by atoms with E-state index < -0.39 is 10.0 Å². The second-order valence-electron chi connectivity index (χ2n) is 5.49. The summed E-state index contributed by atoms with van der Waals surface area (Å²) in [7, 11) is -3.45. The summed E-state index contributed by atoms with van der Waals surface area (Å²) in [5.74, 6) is 0. The van der Waals surface area contributed by atoms with Crippen molar-refractivity contribution in [1.82, 2.24) is 10.0 Å². The first-order valence-corrected chi connectivity index (χ1v) is 9.46. The van der Waals surface area contributed by atoms with Crippen LogP contribution in [0.1, 0.15) is 37.4 Å². The van der Waals surface area contributed by atoms with Crippen LogP contribution in [0.5, 0.6) is 0 Å². The molecular weight excluding hydrogens is 308 g/mol. The van der Waals surface area contributed by atoms with Crippen molar-refractivity contribution in [2.45, 2.75) is 58.2 Å². The fourth-order valence-electron chi connectivity index (χ4n) is 1.73. The molecule has 0 saturated heterocycles. The van der Waals surface area contributed by atoms with Crippen LogP contribution in [-0.2, 0) is 21.3 Å². The third-order valence-electron chi connectivity index (χ3n) is 2.74. The van der Waals surface area contributed by atoms with E-state index in [2.05, 4.69) is 23.9 Å². The molecule has 0 atom stereocenters. The van der Waals surface area contributed by atoms with Crippen molar-refractivity contribution in [2.24, 2.45) is 0 Å². The van der Waals surface area contributed by atoms with E-state index in [4.69, 9.17) is 4.74 Å². The fraction of sp³-hybridized carbons (Fsp3) is 0.714. The van der Waals surface area contributed by atoms with Crippen LogP contribution in [0.15, 0.2) is 11.0 Å². The number of aryl methyl sites for hydroxylation is 1. The lowest BCUT2D eigenvalue weighted by molar-refractivity contribution is 0.0834. The van der Waals surface area contributed by atoms with Crippen molar-refractivity contribution >= 4 is 21.4 Å². The molecule has 0 fully saturated rings. The van der Waals surface area contributed by atoms with Gasteiger partial charge >= 0.3 is 0 Å². The van der Waals surface area contributed by atoms with Crippen molar-refractivity contribution < 1.29 is 13.2 Å². The Labute approximate surface area is 132 Å². The SMILES string of the molecule is Cc1sc(CNC(C)C)cc1S(=O)(=O)NCCOC(C)C. The Bertz CT molecular complexity index is 536. The first kappa shape index (κ1) is 18.6. The van der Waals surface area contributed by atoms with E-state index in [9.17, 15) is 8.42 Å². The van der Waals surface area contributed by atoms with E-state index in [1.165, 1.54) is 11.3 Å². The van der Waals surface area contributed by atoms with Crippen LogP contribution in [0.3, 0.4) is 0 Å². The van der Waals surface area contributed by atoms with Crippen LogP contribution in [0, 0.1) is 6.92 Å². The molecule has 0 aliphatic carbocycles. The molecule has 0 radical (unpaired) electrons. The van der Waals surface area contributed by atoms with Crippen molar-refractivity contribution in [3.63, 3.8) is 0 Å². The zero-order chi connectivity index (χ0) is 16.0. The molecule has 0 unspecified atom stereocenters. The topological polar surface area (TPSA) is 67.4 Å². The molecule has 122 valence electrons. The van der Waals surface area contributed by atoms with Gasteiger partial charge < -0.3 is 10.1 Å². The fourth-order valence-corrected chi connectivity index (χ4v) is 4.33. The molecule has 1 aromatic heterocycles. The standard InChI is InChI=1S/C14H26N2O3S2/c1-10(2)15-9-13-8-14(12(5)20-13)21(17,18)16-6-7-19-11(3)4/h8,10-11,15-16H,6-7,9H2,1-5H3. The summed E-state index contributed by atoms with van der Waals surface area (Å²) in [6, 6.07) is 2.12. The lowest BCUT2D eigenvalue weighted by Gasteiger charge is -2.09. The molecule has 21 heavy (non-hydrogen) atoms. The number of ether oxygens (including phenoxy) is 1. The molecule has 7 heteroatoms. The van der Waals surface area contributed by atoms with Gasteiger partial charge in [-0.25, -0.2) is 13.1 Å². The zero-order valence-corrected chi connectivity index (χ0v) is 15.0. The summed E-state index contributed by atoms with van der Waals surface area (Å²) < 4.78 is 32.5. The first-order valence-electron chi connectivity index (χ1n) is 7.16. The molecule has 1 rings (SSSR count). The summed E-state index contributed by atoms with van der Waals surface area (Å²) in [4.78, 5) is 2.21. The number of sulfonamides is 1. The Morgan fingerprint density at radius 3 is 2.52 bits per heavy atom. The second kappa shape index (κ2) is 8.24. The highest BCUT2D eigenvalue weighted by Crippen LogP contribution is 2.25. The molecule has 0 aliphatic heterocycles. The molecule has 0 bridgehead atoms. The van der Waals surface area contributed by atoms with E-state index in [-0.39, 0.29) is 12.6 Å². The Morgan fingerprint density at radius 1 is 1.29 bits per heavy atom. The number of hydrogen-bond donors (Lipinski definition) is 2. The summed E-state index contributed by atoms with van der Waals surface area (Å²) in [5, 5.41) is 3.29. The predicted molar refractivity (Wildman–Crippen MR) is 87.3 cm³/mol. The van der Waals surface area contributed by atoms with Crippen molar-refractivity contribution in [3.8, 4) is 0 Å². The van der Waals surface area contributed by atoms with Gasteiger partial charge in [-0.05, 0) is 26.8 Å². The maximum Gasteiger partial charge on any atom is 0.241 e. The van der Waals surface area contributed by atoms with Gasteiger partial charge in [0.2, 0.25) is 10.0 Å². The van der Waals surface area contributed by atoms with Crippen LogP contribution in [-0.4, -0.2) is 33.7 Å². The summed E-state index contributed by atoms with van der Waals surface area (Å²) >= 11 is 1.51. The summed E-state index contributed by atoms with van der Waals surface area (Å²) in [5.41, 5.74) is 0. The number of nitrogens with one attached hydrogen (secondary N) is 2. The zero-order valence-electron chi connectivity index (χ0n) is 13.4. The van der Waals surface area contributed by atoms with Crippen LogP contribution in [0.25, 0.3) is 0 Å². The van der Waals surface area contributed by atoms with Gasteiger partial charge in [0, 0.05) is 28.9 Å². The normalized spacial score (nSPS) is 12.5. The van der Waals surface area contributed by atoms with Crippen LogP contribution in [0.4, 0.5) is 0 Å². The van der Waals surface area contributed by atoms with Gasteiger partial charge in [0.1, 0.15) is 0 Å². The van der Waals surface area contributed by atoms with Gasteiger partial charge in [0.05, 0.1) is 17.6 Å². The van der Waals surface area contributed by atoms with Crippen LogP contribution < -0.4 is 10.0 Å². The monoisotopic (exact) mass is 334 g/mol. The van der Waals surface area contributed by atoms with E-state index in [1.54, 1.807) is 6.07 Å². The number of rotatable bonds is 9. The Hall–Kier alpha value is -0.470. The van der Waals surface area contributed by atoms with Gasteiger partial charge in [-0.3, -0.25) is 0 Å². The van der Waals surface area contributed by atoms with E-state index in [0.29, 0.717) is 24.1 Å². The summed E-state index contributed by atoms with van der Waals surface area (Å²) in [6.45, 7) is 11.2. The van der Waals surface area contributed by atoms with Gasteiger partial charge in [-0.2, -0.15) is 0 Å².